The van der Waals surface area contributed by atoms with Crippen molar-refractivity contribution < 1.29 is 23.1 Å². The summed E-state index contributed by atoms with van der Waals surface area (Å²) in [5.41, 5.74) is 0.830. The SMILES string of the molecule is CC(C)CNC(=O)NC(=O)CN(C)Cc1ccc(OC(F)F)cc1. The molecular weight excluding hydrogens is 320 g/mol. The molecule has 3 amide bonds. The lowest BCUT2D eigenvalue weighted by atomic mass is 10.2. The number of imide groups is 1. The number of carbonyl (C=O) groups is 2. The van der Waals surface area contributed by atoms with Crippen LogP contribution in [0, 0.1) is 5.92 Å². The average molecular weight is 343 g/mol. The molecule has 1 aromatic rings. The van der Waals surface area contributed by atoms with Crippen molar-refractivity contribution in [3.05, 3.63) is 29.8 Å². The molecule has 0 radical (unpaired) electrons. The third-order valence-electron chi connectivity index (χ3n) is 2.94. The van der Waals surface area contributed by atoms with Crippen LogP contribution in [0.15, 0.2) is 24.3 Å². The molecule has 1 rings (SSSR count). The number of amides is 3. The predicted octanol–water partition coefficient (Wildman–Crippen LogP) is 2.20. The summed E-state index contributed by atoms with van der Waals surface area (Å²) >= 11 is 0. The Morgan fingerprint density at radius 1 is 1.21 bits per heavy atom. The highest BCUT2D eigenvalue weighted by molar-refractivity contribution is 5.95. The molecule has 1 aromatic carbocycles. The van der Waals surface area contributed by atoms with Gasteiger partial charge in [0.15, 0.2) is 0 Å². The number of halogens is 2. The number of ether oxygens (including phenoxy) is 1. The number of likely N-dealkylation sites (N-methyl/N-ethyl adjacent to an activating group) is 1. The van der Waals surface area contributed by atoms with Crippen molar-refractivity contribution in [1.29, 1.82) is 0 Å². The largest absolute Gasteiger partial charge is 0.435 e. The third-order valence-corrected chi connectivity index (χ3v) is 2.94. The van der Waals surface area contributed by atoms with E-state index in [1.165, 1.54) is 12.1 Å². The maximum Gasteiger partial charge on any atom is 0.387 e. The molecule has 0 heterocycles. The Morgan fingerprint density at radius 3 is 2.38 bits per heavy atom. The molecule has 0 aliphatic rings. The van der Waals surface area contributed by atoms with Gasteiger partial charge in [-0.15, -0.1) is 0 Å². The Balaban J connectivity index is 2.38. The van der Waals surface area contributed by atoms with Gasteiger partial charge in [0.05, 0.1) is 6.54 Å². The van der Waals surface area contributed by atoms with Crippen LogP contribution in [0.3, 0.4) is 0 Å². The summed E-state index contributed by atoms with van der Waals surface area (Å²) in [5, 5.41) is 4.84. The zero-order valence-electron chi connectivity index (χ0n) is 14.0. The fraction of sp³-hybridized carbons (Fsp3) is 0.500. The Labute approximate surface area is 140 Å². The lowest BCUT2D eigenvalue weighted by Gasteiger charge is -2.16. The molecule has 2 N–H and O–H groups in total. The first-order chi connectivity index (χ1) is 11.3. The van der Waals surface area contributed by atoms with Gasteiger partial charge in [-0.1, -0.05) is 26.0 Å². The second-order valence-electron chi connectivity index (χ2n) is 5.85. The van der Waals surface area contributed by atoms with E-state index in [1.54, 1.807) is 24.1 Å². The molecule has 8 heteroatoms. The molecule has 0 unspecified atom stereocenters. The van der Waals surface area contributed by atoms with Crippen molar-refractivity contribution in [2.24, 2.45) is 5.92 Å². The van der Waals surface area contributed by atoms with Crippen LogP contribution in [-0.2, 0) is 11.3 Å². The van der Waals surface area contributed by atoms with E-state index in [1.807, 2.05) is 13.8 Å². The van der Waals surface area contributed by atoms with Crippen LogP contribution >= 0.6 is 0 Å². The molecular formula is C16H23F2N3O3. The predicted molar refractivity (Wildman–Crippen MR) is 85.8 cm³/mol. The second kappa shape index (κ2) is 9.82. The molecule has 6 nitrogen and oxygen atoms in total. The van der Waals surface area contributed by atoms with Gasteiger partial charge < -0.3 is 10.1 Å². The maximum absolute atomic E-state index is 12.1. The number of carbonyl (C=O) groups excluding carboxylic acids is 2. The second-order valence-corrected chi connectivity index (χ2v) is 5.85. The van der Waals surface area contributed by atoms with Crippen molar-refractivity contribution >= 4 is 11.9 Å². The molecule has 134 valence electrons. The number of hydrogen-bond acceptors (Lipinski definition) is 4. The number of nitrogens with one attached hydrogen (secondary N) is 2. The summed E-state index contributed by atoms with van der Waals surface area (Å²) in [6.45, 7) is 1.99. The molecule has 0 spiro atoms. The van der Waals surface area contributed by atoms with Gasteiger partial charge in [-0.05, 0) is 30.7 Å². The van der Waals surface area contributed by atoms with Crippen molar-refractivity contribution in [3.8, 4) is 5.75 Å². The van der Waals surface area contributed by atoms with Gasteiger partial charge in [0.1, 0.15) is 5.75 Å². The minimum atomic E-state index is -2.86. The van der Waals surface area contributed by atoms with Crippen LogP contribution in [-0.4, -0.2) is 43.6 Å². The Bertz CT molecular complexity index is 536. The normalized spacial score (nSPS) is 11.0. The van der Waals surface area contributed by atoms with Crippen molar-refractivity contribution in [1.82, 2.24) is 15.5 Å². The van der Waals surface area contributed by atoms with Gasteiger partial charge in [0.2, 0.25) is 5.91 Å². The van der Waals surface area contributed by atoms with E-state index in [4.69, 9.17) is 0 Å². The molecule has 0 aliphatic carbocycles. The molecule has 0 fully saturated rings. The smallest absolute Gasteiger partial charge is 0.387 e. The number of urea groups is 1. The third kappa shape index (κ3) is 8.42. The molecule has 0 saturated heterocycles. The zero-order chi connectivity index (χ0) is 18.1. The fourth-order valence-corrected chi connectivity index (χ4v) is 1.90. The summed E-state index contributed by atoms with van der Waals surface area (Å²) in [7, 11) is 1.72. The van der Waals surface area contributed by atoms with E-state index >= 15 is 0 Å². The summed E-state index contributed by atoms with van der Waals surface area (Å²) in [6.07, 6.45) is 0. The number of nitrogens with zero attached hydrogens (tertiary/aromatic N) is 1. The van der Waals surface area contributed by atoms with E-state index in [0.717, 1.165) is 5.56 Å². The minimum absolute atomic E-state index is 0.0321. The van der Waals surface area contributed by atoms with Crippen LogP contribution in [0.4, 0.5) is 13.6 Å². The van der Waals surface area contributed by atoms with E-state index in [9.17, 15) is 18.4 Å². The minimum Gasteiger partial charge on any atom is -0.435 e. The molecule has 0 atom stereocenters. The van der Waals surface area contributed by atoms with Gasteiger partial charge in [0.25, 0.3) is 0 Å². The first kappa shape index (κ1) is 19.8. The number of rotatable bonds is 8. The fourth-order valence-electron chi connectivity index (χ4n) is 1.90. The van der Waals surface area contributed by atoms with Crippen molar-refractivity contribution in [2.45, 2.75) is 27.0 Å². The molecule has 0 aliphatic heterocycles. The lowest BCUT2D eigenvalue weighted by Crippen LogP contribution is -2.44. The Morgan fingerprint density at radius 2 is 1.83 bits per heavy atom. The van der Waals surface area contributed by atoms with E-state index < -0.39 is 18.5 Å². The van der Waals surface area contributed by atoms with Crippen LogP contribution in [0.25, 0.3) is 0 Å². The van der Waals surface area contributed by atoms with Gasteiger partial charge in [-0.2, -0.15) is 8.78 Å². The molecule has 0 bridgehead atoms. The van der Waals surface area contributed by atoms with E-state index in [2.05, 4.69) is 15.4 Å². The molecule has 0 saturated carbocycles. The van der Waals surface area contributed by atoms with Gasteiger partial charge in [0, 0.05) is 13.1 Å². The first-order valence-corrected chi connectivity index (χ1v) is 7.56. The Hall–Kier alpha value is -2.22. The van der Waals surface area contributed by atoms with Crippen LogP contribution in [0.2, 0.25) is 0 Å². The summed E-state index contributed by atoms with van der Waals surface area (Å²) in [6, 6.07) is 5.64. The molecule has 24 heavy (non-hydrogen) atoms. The summed E-state index contributed by atoms with van der Waals surface area (Å²) in [5.74, 6) is -0.0436. The van der Waals surface area contributed by atoms with Crippen LogP contribution in [0.1, 0.15) is 19.4 Å². The van der Waals surface area contributed by atoms with Crippen LogP contribution in [0.5, 0.6) is 5.75 Å². The highest BCUT2D eigenvalue weighted by atomic mass is 19.3. The first-order valence-electron chi connectivity index (χ1n) is 7.56. The number of alkyl halides is 2. The van der Waals surface area contributed by atoms with Crippen molar-refractivity contribution in [2.75, 3.05) is 20.1 Å². The number of benzene rings is 1. The quantitative estimate of drug-likeness (QED) is 0.759. The van der Waals surface area contributed by atoms with E-state index in [0.29, 0.717) is 19.0 Å². The zero-order valence-corrected chi connectivity index (χ0v) is 14.0. The van der Waals surface area contributed by atoms with Gasteiger partial charge >= 0.3 is 12.6 Å². The Kier molecular flexibility index (Phi) is 8.11. The van der Waals surface area contributed by atoms with Gasteiger partial charge in [-0.3, -0.25) is 15.0 Å². The maximum atomic E-state index is 12.1. The average Bonchev–Trinajstić information content (AvgIpc) is 2.46. The van der Waals surface area contributed by atoms with Crippen LogP contribution < -0.4 is 15.4 Å². The molecule has 0 aromatic heterocycles. The summed E-state index contributed by atoms with van der Waals surface area (Å²) in [4.78, 5) is 24.9. The summed E-state index contributed by atoms with van der Waals surface area (Å²) < 4.78 is 28.4. The lowest BCUT2D eigenvalue weighted by molar-refractivity contribution is -0.121. The van der Waals surface area contributed by atoms with Crippen molar-refractivity contribution in [3.63, 3.8) is 0 Å². The topological polar surface area (TPSA) is 70.7 Å². The monoisotopic (exact) mass is 343 g/mol. The van der Waals surface area contributed by atoms with E-state index in [-0.39, 0.29) is 12.3 Å². The highest BCUT2D eigenvalue weighted by Crippen LogP contribution is 2.15. The highest BCUT2D eigenvalue weighted by Gasteiger charge is 2.11. The standard InChI is InChI=1S/C16H23F2N3O3/c1-11(2)8-19-16(23)20-14(22)10-21(3)9-12-4-6-13(7-5-12)24-15(17)18/h4-7,11,15H,8-10H2,1-3H3,(H2,19,20,22,23). The van der Waals surface area contributed by atoms with Gasteiger partial charge in [-0.25, -0.2) is 4.79 Å². The number of hydrogen-bond donors (Lipinski definition) is 2.